The molecule has 3 heterocycles. The monoisotopic (exact) mass is 217 g/mol. The number of piperidine rings is 1. The summed E-state index contributed by atoms with van der Waals surface area (Å²) in [5, 5.41) is 11.8. The van der Waals surface area contributed by atoms with E-state index in [4.69, 9.17) is 0 Å². The lowest BCUT2D eigenvalue weighted by atomic mass is 9.94. The van der Waals surface area contributed by atoms with Crippen LogP contribution in [0.1, 0.15) is 31.6 Å². The number of aromatic nitrogens is 4. The van der Waals surface area contributed by atoms with Gasteiger partial charge in [0.2, 0.25) is 0 Å². The Kier molecular flexibility index (Phi) is 2.32. The van der Waals surface area contributed by atoms with E-state index in [0.29, 0.717) is 11.8 Å². The second-order valence-corrected chi connectivity index (χ2v) is 4.48. The fourth-order valence-electron chi connectivity index (χ4n) is 2.30. The molecule has 2 unspecified atom stereocenters. The van der Waals surface area contributed by atoms with Crippen molar-refractivity contribution < 1.29 is 0 Å². The van der Waals surface area contributed by atoms with Gasteiger partial charge in [0.25, 0.3) is 5.78 Å². The van der Waals surface area contributed by atoms with Crippen LogP contribution in [0.3, 0.4) is 0 Å². The van der Waals surface area contributed by atoms with Gasteiger partial charge in [0, 0.05) is 12.4 Å². The standard InChI is InChI=1S/C11H15N5/c1-8-3-5-12-9(7-8)10-14-15-11-13-4-2-6-16(10)11/h2,4,6,8-9,12H,3,5,7H2,1H3. The fourth-order valence-corrected chi connectivity index (χ4v) is 2.30. The molecule has 1 aliphatic rings. The van der Waals surface area contributed by atoms with Crippen LogP contribution in [0.4, 0.5) is 0 Å². The smallest absolute Gasteiger partial charge is 0.254 e. The van der Waals surface area contributed by atoms with Gasteiger partial charge in [-0.1, -0.05) is 6.92 Å². The van der Waals surface area contributed by atoms with Crippen molar-refractivity contribution in [2.75, 3.05) is 6.54 Å². The highest BCUT2D eigenvalue weighted by molar-refractivity contribution is 5.27. The van der Waals surface area contributed by atoms with Crippen molar-refractivity contribution in [2.24, 2.45) is 5.92 Å². The molecule has 0 radical (unpaired) electrons. The lowest BCUT2D eigenvalue weighted by Crippen LogP contribution is -2.32. The maximum Gasteiger partial charge on any atom is 0.254 e. The van der Waals surface area contributed by atoms with E-state index in [9.17, 15) is 0 Å². The molecule has 0 amide bonds. The number of hydrogen-bond donors (Lipinski definition) is 1. The van der Waals surface area contributed by atoms with E-state index >= 15 is 0 Å². The molecular formula is C11H15N5. The Bertz CT molecular complexity index is 492. The molecule has 0 aromatic carbocycles. The average molecular weight is 217 g/mol. The molecule has 3 rings (SSSR count). The van der Waals surface area contributed by atoms with Crippen LogP contribution < -0.4 is 5.32 Å². The third-order valence-electron chi connectivity index (χ3n) is 3.19. The van der Waals surface area contributed by atoms with Gasteiger partial charge in [0.15, 0.2) is 5.82 Å². The van der Waals surface area contributed by atoms with Gasteiger partial charge in [0.1, 0.15) is 0 Å². The number of nitrogens with one attached hydrogen (secondary N) is 1. The van der Waals surface area contributed by atoms with Crippen LogP contribution in [-0.2, 0) is 0 Å². The van der Waals surface area contributed by atoms with Gasteiger partial charge in [-0.05, 0) is 31.4 Å². The molecule has 5 heteroatoms. The Hall–Kier alpha value is -1.49. The van der Waals surface area contributed by atoms with Crippen LogP contribution in [0.25, 0.3) is 5.78 Å². The van der Waals surface area contributed by atoms with Crippen LogP contribution >= 0.6 is 0 Å². The topological polar surface area (TPSA) is 55.1 Å². The van der Waals surface area contributed by atoms with Crippen LogP contribution in [0.5, 0.6) is 0 Å². The van der Waals surface area contributed by atoms with Gasteiger partial charge < -0.3 is 5.32 Å². The molecule has 0 aliphatic carbocycles. The summed E-state index contributed by atoms with van der Waals surface area (Å²) in [5.41, 5.74) is 0. The minimum absolute atomic E-state index is 0.308. The van der Waals surface area contributed by atoms with Crippen molar-refractivity contribution in [2.45, 2.75) is 25.8 Å². The summed E-state index contributed by atoms with van der Waals surface area (Å²) in [7, 11) is 0. The van der Waals surface area contributed by atoms with Gasteiger partial charge >= 0.3 is 0 Å². The van der Waals surface area contributed by atoms with E-state index in [1.165, 1.54) is 6.42 Å². The Labute approximate surface area is 93.9 Å². The maximum atomic E-state index is 4.24. The highest BCUT2D eigenvalue weighted by atomic mass is 15.3. The maximum absolute atomic E-state index is 4.24. The highest BCUT2D eigenvalue weighted by Crippen LogP contribution is 2.25. The Morgan fingerprint density at radius 1 is 1.44 bits per heavy atom. The number of nitrogens with zero attached hydrogens (tertiary/aromatic N) is 4. The molecule has 0 bridgehead atoms. The molecule has 2 aromatic rings. The zero-order chi connectivity index (χ0) is 11.0. The quantitative estimate of drug-likeness (QED) is 0.779. The lowest BCUT2D eigenvalue weighted by molar-refractivity contribution is 0.314. The molecule has 1 fully saturated rings. The normalized spacial score (nSPS) is 26.1. The lowest BCUT2D eigenvalue weighted by Gasteiger charge is -2.26. The highest BCUT2D eigenvalue weighted by Gasteiger charge is 2.23. The SMILES string of the molecule is CC1CCNC(c2nnc3ncccn23)C1. The third kappa shape index (κ3) is 1.57. The van der Waals surface area contributed by atoms with E-state index in [1.807, 2.05) is 16.7 Å². The molecule has 16 heavy (non-hydrogen) atoms. The van der Waals surface area contributed by atoms with Gasteiger partial charge in [-0.2, -0.15) is 0 Å². The Morgan fingerprint density at radius 3 is 3.25 bits per heavy atom. The second kappa shape index (κ2) is 3.83. The minimum Gasteiger partial charge on any atom is -0.307 e. The van der Waals surface area contributed by atoms with Crippen molar-refractivity contribution in [1.82, 2.24) is 24.9 Å². The number of rotatable bonds is 1. The van der Waals surface area contributed by atoms with E-state index in [2.05, 4.69) is 27.4 Å². The summed E-state index contributed by atoms with van der Waals surface area (Å²) in [6.07, 6.45) is 6.07. The first-order chi connectivity index (χ1) is 7.84. The predicted molar refractivity (Wildman–Crippen MR) is 59.9 cm³/mol. The van der Waals surface area contributed by atoms with Gasteiger partial charge in [0.05, 0.1) is 6.04 Å². The summed E-state index contributed by atoms with van der Waals surface area (Å²) < 4.78 is 1.97. The summed E-state index contributed by atoms with van der Waals surface area (Å²) in [4.78, 5) is 4.18. The van der Waals surface area contributed by atoms with Gasteiger partial charge in [-0.3, -0.25) is 4.40 Å². The molecule has 0 saturated carbocycles. The largest absolute Gasteiger partial charge is 0.307 e. The van der Waals surface area contributed by atoms with Crippen molar-refractivity contribution in [3.63, 3.8) is 0 Å². The minimum atomic E-state index is 0.308. The third-order valence-corrected chi connectivity index (χ3v) is 3.19. The number of hydrogen-bond acceptors (Lipinski definition) is 4. The summed E-state index contributed by atoms with van der Waals surface area (Å²) in [6, 6.07) is 2.22. The molecule has 1 saturated heterocycles. The average Bonchev–Trinajstić information content (AvgIpc) is 2.72. The molecule has 2 atom stereocenters. The number of fused-ring (bicyclic) bond motifs is 1. The Morgan fingerprint density at radius 2 is 2.38 bits per heavy atom. The fraction of sp³-hybridized carbons (Fsp3) is 0.545. The van der Waals surface area contributed by atoms with Crippen LogP contribution in [0.2, 0.25) is 0 Å². The van der Waals surface area contributed by atoms with Gasteiger partial charge in [-0.15, -0.1) is 10.2 Å². The zero-order valence-electron chi connectivity index (χ0n) is 9.30. The van der Waals surface area contributed by atoms with Crippen molar-refractivity contribution in [3.05, 3.63) is 24.3 Å². The zero-order valence-corrected chi connectivity index (χ0v) is 9.30. The van der Waals surface area contributed by atoms with E-state index < -0.39 is 0 Å². The summed E-state index contributed by atoms with van der Waals surface area (Å²) in [5.74, 6) is 2.41. The molecule has 1 N–H and O–H groups in total. The van der Waals surface area contributed by atoms with Crippen molar-refractivity contribution >= 4 is 5.78 Å². The molecular weight excluding hydrogens is 202 g/mol. The van der Waals surface area contributed by atoms with E-state index in [1.54, 1.807) is 6.20 Å². The van der Waals surface area contributed by atoms with E-state index in [0.717, 1.165) is 24.7 Å². The van der Waals surface area contributed by atoms with Gasteiger partial charge in [-0.25, -0.2) is 4.98 Å². The molecule has 0 spiro atoms. The van der Waals surface area contributed by atoms with Crippen molar-refractivity contribution in [1.29, 1.82) is 0 Å². The first kappa shape index (κ1) is 9.72. The molecule has 2 aromatic heterocycles. The van der Waals surface area contributed by atoms with Crippen LogP contribution in [-0.4, -0.2) is 26.1 Å². The van der Waals surface area contributed by atoms with Crippen molar-refractivity contribution in [3.8, 4) is 0 Å². The Balaban J connectivity index is 1.99. The summed E-state index contributed by atoms with van der Waals surface area (Å²) in [6.45, 7) is 3.34. The second-order valence-electron chi connectivity index (χ2n) is 4.48. The first-order valence-electron chi connectivity index (χ1n) is 5.73. The molecule has 5 nitrogen and oxygen atoms in total. The van der Waals surface area contributed by atoms with E-state index in [-0.39, 0.29) is 0 Å². The van der Waals surface area contributed by atoms with Crippen LogP contribution in [0.15, 0.2) is 18.5 Å². The molecule has 84 valence electrons. The molecule has 1 aliphatic heterocycles. The first-order valence-corrected chi connectivity index (χ1v) is 5.73. The summed E-state index contributed by atoms with van der Waals surface area (Å²) >= 11 is 0. The van der Waals surface area contributed by atoms with Crippen LogP contribution in [0, 0.1) is 5.92 Å². The predicted octanol–water partition coefficient (Wildman–Crippen LogP) is 1.18.